The van der Waals surface area contributed by atoms with Crippen molar-refractivity contribution < 1.29 is 18.4 Å². The lowest BCUT2D eigenvalue weighted by atomic mass is 10.2. The van der Waals surface area contributed by atoms with Gasteiger partial charge in [0.1, 0.15) is 11.6 Å². The standard InChI is InChI=1S/C21H15BrF2N2O2S/c22-14-3-10-19(18(24)11-14)26-20(27)12-29-17-8-6-16(7-9-17)25-21(28)13-1-4-15(23)5-2-13/h1-11H,12H2,(H,25,28)(H,26,27). The van der Waals surface area contributed by atoms with Crippen LogP contribution in [0.3, 0.4) is 0 Å². The fraction of sp³-hybridized carbons (Fsp3) is 0.0476. The number of rotatable bonds is 6. The molecule has 0 aromatic heterocycles. The zero-order valence-corrected chi connectivity index (χ0v) is 17.3. The predicted molar refractivity (Wildman–Crippen MR) is 114 cm³/mol. The van der Waals surface area contributed by atoms with E-state index < -0.39 is 11.6 Å². The Morgan fingerprint density at radius 2 is 1.59 bits per heavy atom. The molecule has 3 aromatic carbocycles. The maximum Gasteiger partial charge on any atom is 0.255 e. The number of hydrogen-bond acceptors (Lipinski definition) is 3. The molecular weight excluding hydrogens is 462 g/mol. The summed E-state index contributed by atoms with van der Waals surface area (Å²) in [6, 6.07) is 16.6. The van der Waals surface area contributed by atoms with Crippen LogP contribution in [0.4, 0.5) is 20.2 Å². The quantitative estimate of drug-likeness (QED) is 0.448. The van der Waals surface area contributed by atoms with E-state index in [0.717, 1.165) is 4.90 Å². The Morgan fingerprint density at radius 3 is 2.24 bits per heavy atom. The molecule has 0 fully saturated rings. The number of carbonyl (C=O) groups excluding carboxylic acids is 2. The number of anilines is 2. The topological polar surface area (TPSA) is 58.2 Å². The molecule has 2 N–H and O–H groups in total. The summed E-state index contributed by atoms with van der Waals surface area (Å²) >= 11 is 4.45. The van der Waals surface area contributed by atoms with Gasteiger partial charge in [0.2, 0.25) is 5.91 Å². The van der Waals surface area contributed by atoms with Crippen LogP contribution in [0.2, 0.25) is 0 Å². The van der Waals surface area contributed by atoms with Crippen LogP contribution in [0.1, 0.15) is 10.4 Å². The summed E-state index contributed by atoms with van der Waals surface area (Å²) in [6.07, 6.45) is 0. The molecule has 29 heavy (non-hydrogen) atoms. The maximum absolute atomic E-state index is 13.8. The van der Waals surface area contributed by atoms with Gasteiger partial charge in [0.05, 0.1) is 11.4 Å². The second kappa shape index (κ2) is 9.67. The molecule has 8 heteroatoms. The first-order valence-electron chi connectivity index (χ1n) is 8.45. The number of nitrogens with one attached hydrogen (secondary N) is 2. The van der Waals surface area contributed by atoms with Gasteiger partial charge in [-0.15, -0.1) is 11.8 Å². The van der Waals surface area contributed by atoms with Crippen LogP contribution in [0.5, 0.6) is 0 Å². The van der Waals surface area contributed by atoms with Gasteiger partial charge < -0.3 is 10.6 Å². The van der Waals surface area contributed by atoms with Crippen LogP contribution in [-0.2, 0) is 4.79 Å². The van der Waals surface area contributed by atoms with E-state index in [4.69, 9.17) is 0 Å². The van der Waals surface area contributed by atoms with Gasteiger partial charge in [0.15, 0.2) is 0 Å². The van der Waals surface area contributed by atoms with E-state index in [-0.39, 0.29) is 23.3 Å². The third-order valence-corrected chi connectivity index (χ3v) is 5.30. The molecule has 0 saturated carbocycles. The molecule has 0 atom stereocenters. The highest BCUT2D eigenvalue weighted by atomic mass is 79.9. The van der Waals surface area contributed by atoms with Crippen molar-refractivity contribution >= 4 is 50.9 Å². The largest absolute Gasteiger partial charge is 0.323 e. The number of amides is 2. The maximum atomic E-state index is 13.8. The fourth-order valence-electron chi connectivity index (χ4n) is 2.37. The second-order valence-corrected chi connectivity index (χ2v) is 7.91. The van der Waals surface area contributed by atoms with E-state index >= 15 is 0 Å². The summed E-state index contributed by atoms with van der Waals surface area (Å²) in [4.78, 5) is 25.0. The summed E-state index contributed by atoms with van der Waals surface area (Å²) in [6.45, 7) is 0. The van der Waals surface area contributed by atoms with Gasteiger partial charge in [0.25, 0.3) is 5.91 Å². The van der Waals surface area contributed by atoms with Gasteiger partial charge in [0, 0.05) is 20.6 Å². The second-order valence-electron chi connectivity index (χ2n) is 5.95. The van der Waals surface area contributed by atoms with Gasteiger partial charge in [-0.3, -0.25) is 9.59 Å². The van der Waals surface area contributed by atoms with Gasteiger partial charge in [-0.05, 0) is 66.7 Å². The molecule has 4 nitrogen and oxygen atoms in total. The van der Waals surface area contributed by atoms with Gasteiger partial charge in [-0.1, -0.05) is 15.9 Å². The van der Waals surface area contributed by atoms with E-state index in [9.17, 15) is 18.4 Å². The van der Waals surface area contributed by atoms with Crippen molar-refractivity contribution in [2.75, 3.05) is 16.4 Å². The van der Waals surface area contributed by atoms with Crippen molar-refractivity contribution in [3.05, 3.63) is 88.4 Å². The highest BCUT2D eigenvalue weighted by molar-refractivity contribution is 9.10. The average Bonchev–Trinajstić information content (AvgIpc) is 2.70. The van der Waals surface area contributed by atoms with Crippen molar-refractivity contribution in [3.63, 3.8) is 0 Å². The van der Waals surface area contributed by atoms with Crippen molar-refractivity contribution in [3.8, 4) is 0 Å². The molecular formula is C21H15BrF2N2O2S. The molecule has 3 rings (SSSR count). The minimum absolute atomic E-state index is 0.108. The highest BCUT2D eigenvalue weighted by Gasteiger charge is 2.09. The summed E-state index contributed by atoms with van der Waals surface area (Å²) in [5, 5.41) is 5.25. The van der Waals surface area contributed by atoms with E-state index in [1.54, 1.807) is 30.3 Å². The first kappa shape index (κ1) is 21.0. The van der Waals surface area contributed by atoms with Gasteiger partial charge in [-0.25, -0.2) is 8.78 Å². The van der Waals surface area contributed by atoms with Crippen LogP contribution in [0.15, 0.2) is 76.1 Å². The number of hydrogen-bond donors (Lipinski definition) is 2. The normalized spacial score (nSPS) is 10.4. The summed E-state index contributed by atoms with van der Waals surface area (Å²) in [7, 11) is 0. The Balaban J connectivity index is 1.51. The Kier molecular flexibility index (Phi) is 7.00. The number of carbonyl (C=O) groups is 2. The molecule has 0 saturated heterocycles. The molecule has 0 aliphatic carbocycles. The van der Waals surface area contributed by atoms with Crippen molar-refractivity contribution in [1.82, 2.24) is 0 Å². The van der Waals surface area contributed by atoms with E-state index in [1.165, 1.54) is 48.2 Å². The summed E-state index contributed by atoms with van der Waals surface area (Å²) < 4.78 is 27.3. The molecule has 2 amide bonds. The van der Waals surface area contributed by atoms with Gasteiger partial charge in [-0.2, -0.15) is 0 Å². The average molecular weight is 477 g/mol. The Hall–Kier alpha value is -2.71. The lowest BCUT2D eigenvalue weighted by molar-refractivity contribution is -0.113. The van der Waals surface area contributed by atoms with Crippen LogP contribution in [0.25, 0.3) is 0 Å². The molecule has 0 radical (unpaired) electrons. The number of halogens is 3. The molecule has 0 bridgehead atoms. The lowest BCUT2D eigenvalue weighted by Gasteiger charge is -2.08. The molecule has 0 unspecified atom stereocenters. The first-order chi connectivity index (χ1) is 13.9. The fourth-order valence-corrected chi connectivity index (χ4v) is 3.40. The lowest BCUT2D eigenvalue weighted by Crippen LogP contribution is -2.15. The van der Waals surface area contributed by atoms with Crippen LogP contribution in [-0.4, -0.2) is 17.6 Å². The Labute approximate surface area is 178 Å². The van der Waals surface area contributed by atoms with Crippen molar-refractivity contribution in [2.45, 2.75) is 4.90 Å². The zero-order valence-electron chi connectivity index (χ0n) is 14.9. The number of thioether (sulfide) groups is 1. The third-order valence-electron chi connectivity index (χ3n) is 3.79. The van der Waals surface area contributed by atoms with Crippen molar-refractivity contribution in [1.29, 1.82) is 0 Å². The van der Waals surface area contributed by atoms with Crippen LogP contribution >= 0.6 is 27.7 Å². The molecule has 0 heterocycles. The van der Waals surface area contributed by atoms with Gasteiger partial charge >= 0.3 is 0 Å². The summed E-state index contributed by atoms with van der Waals surface area (Å²) in [5.74, 6) is -1.49. The minimum Gasteiger partial charge on any atom is -0.323 e. The van der Waals surface area contributed by atoms with Crippen molar-refractivity contribution in [2.24, 2.45) is 0 Å². The molecule has 0 aliphatic rings. The van der Waals surface area contributed by atoms with E-state index in [0.29, 0.717) is 15.7 Å². The smallest absolute Gasteiger partial charge is 0.255 e. The summed E-state index contributed by atoms with van der Waals surface area (Å²) in [5.41, 5.74) is 1.05. The highest BCUT2D eigenvalue weighted by Crippen LogP contribution is 2.23. The zero-order chi connectivity index (χ0) is 20.8. The minimum atomic E-state index is -0.515. The Bertz CT molecular complexity index is 1030. The Morgan fingerprint density at radius 1 is 0.897 bits per heavy atom. The molecule has 148 valence electrons. The third kappa shape index (κ3) is 6.13. The first-order valence-corrected chi connectivity index (χ1v) is 10.2. The van der Waals surface area contributed by atoms with E-state index in [2.05, 4.69) is 26.6 Å². The molecule has 0 spiro atoms. The molecule has 3 aromatic rings. The molecule has 0 aliphatic heterocycles. The predicted octanol–water partition coefficient (Wildman–Crippen LogP) is 5.71. The monoisotopic (exact) mass is 476 g/mol. The SMILES string of the molecule is O=C(CSc1ccc(NC(=O)c2ccc(F)cc2)cc1)Nc1ccc(Br)cc1F. The van der Waals surface area contributed by atoms with Crippen LogP contribution < -0.4 is 10.6 Å². The van der Waals surface area contributed by atoms with Crippen LogP contribution in [0, 0.1) is 11.6 Å². The van der Waals surface area contributed by atoms with E-state index in [1.807, 2.05) is 0 Å². The number of benzene rings is 3.